The maximum absolute atomic E-state index is 12.1. The topological polar surface area (TPSA) is 15.3 Å². The third-order valence-corrected chi connectivity index (χ3v) is 3.42. The second kappa shape index (κ2) is 5.66. The Hall–Kier alpha value is -0.150. The number of hydrogen-bond acceptors (Lipinski definition) is 2. The van der Waals surface area contributed by atoms with Gasteiger partial charge in [0.15, 0.2) is 0 Å². The zero-order valence-electron chi connectivity index (χ0n) is 9.48. The molecule has 0 aromatic heterocycles. The molecular weight excluding hydrogens is 179 g/mol. The fraction of sp³-hybridized carbons (Fsp3) is 1.00. The number of nitrogens with zero attached hydrogens (tertiary/aromatic N) is 1. The second-order valence-electron chi connectivity index (χ2n) is 4.23. The average Bonchev–Trinajstić information content (AvgIpc) is 2.26. The van der Waals surface area contributed by atoms with Gasteiger partial charge in [-0.25, -0.2) is 0 Å². The summed E-state index contributed by atoms with van der Waals surface area (Å²) in [6.07, 6.45) is 3.01. The minimum Gasteiger partial charge on any atom is -0.309 e. The highest BCUT2D eigenvalue weighted by molar-refractivity contribution is 4.92. The molecule has 2 nitrogen and oxygen atoms in total. The predicted octanol–water partition coefficient (Wildman–Crippen LogP) is 1.81. The summed E-state index contributed by atoms with van der Waals surface area (Å²) in [6.45, 7) is 8.40. The molecule has 1 rings (SSSR count). The molecule has 0 atom stereocenters. The smallest absolute Gasteiger partial charge is 0.0906 e. The van der Waals surface area contributed by atoms with Crippen LogP contribution in [0.5, 0.6) is 0 Å². The standard InChI is InChI=1S/C11H23FN2/c1-3-11(4-2)10-14(8-5-6-12)9-7-13-11/h13H,3-10H2,1-2H3. The van der Waals surface area contributed by atoms with Crippen molar-refractivity contribution in [2.24, 2.45) is 0 Å². The van der Waals surface area contributed by atoms with Crippen LogP contribution in [-0.2, 0) is 0 Å². The van der Waals surface area contributed by atoms with E-state index in [0.717, 1.165) is 39.0 Å². The van der Waals surface area contributed by atoms with Crippen LogP contribution < -0.4 is 5.32 Å². The van der Waals surface area contributed by atoms with Crippen LogP contribution in [0.1, 0.15) is 33.1 Å². The van der Waals surface area contributed by atoms with Gasteiger partial charge in [-0.1, -0.05) is 13.8 Å². The SMILES string of the molecule is CCC1(CC)CN(CCCF)CCN1. The number of rotatable bonds is 5. The normalized spacial score (nSPS) is 22.5. The Balaban J connectivity index is 2.41. The summed E-state index contributed by atoms with van der Waals surface area (Å²) in [4.78, 5) is 2.39. The van der Waals surface area contributed by atoms with E-state index in [9.17, 15) is 4.39 Å². The van der Waals surface area contributed by atoms with E-state index in [1.54, 1.807) is 0 Å². The Bertz CT molecular complexity index is 157. The predicted molar refractivity (Wildman–Crippen MR) is 58.3 cm³/mol. The van der Waals surface area contributed by atoms with Gasteiger partial charge in [-0.15, -0.1) is 0 Å². The van der Waals surface area contributed by atoms with Crippen molar-refractivity contribution in [2.75, 3.05) is 32.9 Å². The lowest BCUT2D eigenvalue weighted by atomic mass is 9.90. The Kier molecular flexibility index (Phi) is 4.82. The monoisotopic (exact) mass is 202 g/mol. The van der Waals surface area contributed by atoms with Crippen LogP contribution in [0, 0.1) is 0 Å². The lowest BCUT2D eigenvalue weighted by Crippen LogP contribution is -2.59. The molecule has 0 amide bonds. The van der Waals surface area contributed by atoms with Crippen LogP contribution in [0.4, 0.5) is 4.39 Å². The van der Waals surface area contributed by atoms with Gasteiger partial charge in [0.25, 0.3) is 0 Å². The molecule has 0 saturated carbocycles. The highest BCUT2D eigenvalue weighted by Crippen LogP contribution is 2.19. The number of nitrogens with one attached hydrogen (secondary N) is 1. The van der Waals surface area contributed by atoms with Gasteiger partial charge in [0, 0.05) is 31.7 Å². The molecule has 3 heteroatoms. The molecule has 1 aliphatic heterocycles. The lowest BCUT2D eigenvalue weighted by molar-refractivity contribution is 0.120. The molecule has 0 aromatic carbocycles. The molecule has 0 aromatic rings. The molecule has 1 N–H and O–H groups in total. The third kappa shape index (κ3) is 2.92. The second-order valence-corrected chi connectivity index (χ2v) is 4.23. The zero-order valence-corrected chi connectivity index (χ0v) is 9.48. The number of halogens is 1. The highest BCUT2D eigenvalue weighted by Gasteiger charge is 2.31. The van der Waals surface area contributed by atoms with Gasteiger partial charge in [-0.3, -0.25) is 4.39 Å². The van der Waals surface area contributed by atoms with E-state index >= 15 is 0 Å². The van der Waals surface area contributed by atoms with Crippen LogP contribution in [0.3, 0.4) is 0 Å². The van der Waals surface area contributed by atoms with Crippen molar-refractivity contribution < 1.29 is 4.39 Å². The summed E-state index contributed by atoms with van der Waals surface area (Å²) in [5, 5.41) is 3.60. The first-order valence-corrected chi connectivity index (χ1v) is 5.79. The van der Waals surface area contributed by atoms with Gasteiger partial charge in [-0.2, -0.15) is 0 Å². The van der Waals surface area contributed by atoms with Gasteiger partial charge in [0.2, 0.25) is 0 Å². The summed E-state index contributed by atoms with van der Waals surface area (Å²) in [6, 6.07) is 0. The van der Waals surface area contributed by atoms with E-state index in [2.05, 4.69) is 24.1 Å². The Morgan fingerprint density at radius 2 is 2.07 bits per heavy atom. The Labute approximate surface area is 86.9 Å². The van der Waals surface area contributed by atoms with Gasteiger partial charge in [0.05, 0.1) is 6.67 Å². The van der Waals surface area contributed by atoms with E-state index < -0.39 is 0 Å². The molecule has 0 unspecified atom stereocenters. The summed E-state index contributed by atoms with van der Waals surface area (Å²) >= 11 is 0. The molecular formula is C11H23FN2. The van der Waals surface area contributed by atoms with Crippen molar-refractivity contribution in [3.05, 3.63) is 0 Å². The first-order chi connectivity index (χ1) is 6.76. The molecule has 0 aliphatic carbocycles. The van der Waals surface area contributed by atoms with E-state index in [1.165, 1.54) is 0 Å². The van der Waals surface area contributed by atoms with Crippen molar-refractivity contribution in [1.29, 1.82) is 0 Å². The van der Waals surface area contributed by atoms with Crippen molar-refractivity contribution in [3.8, 4) is 0 Å². The molecule has 0 bridgehead atoms. The van der Waals surface area contributed by atoms with Crippen LogP contribution >= 0.6 is 0 Å². The van der Waals surface area contributed by atoms with Crippen molar-refractivity contribution >= 4 is 0 Å². The average molecular weight is 202 g/mol. The maximum Gasteiger partial charge on any atom is 0.0906 e. The van der Waals surface area contributed by atoms with E-state index in [1.807, 2.05) is 0 Å². The quantitative estimate of drug-likeness (QED) is 0.731. The fourth-order valence-electron chi connectivity index (χ4n) is 2.24. The Morgan fingerprint density at radius 3 is 2.64 bits per heavy atom. The summed E-state index contributed by atoms with van der Waals surface area (Å²) in [5.74, 6) is 0. The third-order valence-electron chi connectivity index (χ3n) is 3.42. The maximum atomic E-state index is 12.1. The lowest BCUT2D eigenvalue weighted by Gasteiger charge is -2.43. The number of hydrogen-bond donors (Lipinski definition) is 1. The fourth-order valence-corrected chi connectivity index (χ4v) is 2.24. The molecule has 1 fully saturated rings. The summed E-state index contributed by atoms with van der Waals surface area (Å²) < 4.78 is 12.1. The molecule has 14 heavy (non-hydrogen) atoms. The van der Waals surface area contributed by atoms with E-state index in [4.69, 9.17) is 0 Å². The van der Waals surface area contributed by atoms with Crippen molar-refractivity contribution in [3.63, 3.8) is 0 Å². The van der Waals surface area contributed by atoms with Gasteiger partial charge in [-0.05, 0) is 19.3 Å². The molecule has 1 heterocycles. The molecule has 1 aliphatic rings. The minimum absolute atomic E-state index is 0.185. The zero-order chi connectivity index (χ0) is 10.4. The Morgan fingerprint density at radius 1 is 1.36 bits per heavy atom. The van der Waals surface area contributed by atoms with Crippen molar-refractivity contribution in [2.45, 2.75) is 38.6 Å². The molecule has 0 spiro atoms. The summed E-state index contributed by atoms with van der Waals surface area (Å²) in [7, 11) is 0. The van der Waals surface area contributed by atoms with Gasteiger partial charge >= 0.3 is 0 Å². The van der Waals surface area contributed by atoms with Crippen LogP contribution in [0.15, 0.2) is 0 Å². The van der Waals surface area contributed by atoms with Crippen LogP contribution in [0.25, 0.3) is 0 Å². The summed E-state index contributed by atoms with van der Waals surface area (Å²) in [5.41, 5.74) is 0.286. The first-order valence-electron chi connectivity index (χ1n) is 5.79. The minimum atomic E-state index is -0.185. The van der Waals surface area contributed by atoms with Crippen LogP contribution in [-0.4, -0.2) is 43.3 Å². The molecule has 0 radical (unpaired) electrons. The number of alkyl halides is 1. The van der Waals surface area contributed by atoms with E-state index in [-0.39, 0.29) is 12.2 Å². The number of piperazine rings is 1. The van der Waals surface area contributed by atoms with Crippen LogP contribution in [0.2, 0.25) is 0 Å². The van der Waals surface area contributed by atoms with E-state index in [0.29, 0.717) is 6.42 Å². The van der Waals surface area contributed by atoms with Gasteiger partial charge in [0.1, 0.15) is 0 Å². The van der Waals surface area contributed by atoms with Gasteiger partial charge < -0.3 is 10.2 Å². The van der Waals surface area contributed by atoms with Crippen molar-refractivity contribution in [1.82, 2.24) is 10.2 Å². The highest BCUT2D eigenvalue weighted by atomic mass is 19.1. The molecule has 84 valence electrons. The molecule has 1 saturated heterocycles. The largest absolute Gasteiger partial charge is 0.309 e. The first kappa shape index (κ1) is 11.9.